The van der Waals surface area contributed by atoms with E-state index in [-0.39, 0.29) is 12.3 Å². The van der Waals surface area contributed by atoms with E-state index in [9.17, 15) is 0 Å². The summed E-state index contributed by atoms with van der Waals surface area (Å²) in [5.41, 5.74) is 0. The van der Waals surface area contributed by atoms with Crippen molar-refractivity contribution >= 4 is 7.82 Å². The Labute approximate surface area is 52.7 Å². The lowest BCUT2D eigenvalue weighted by atomic mass is 11.8. The molecular weight excluding hydrogens is 151 g/mol. The van der Waals surface area contributed by atoms with Crippen LogP contribution in [-0.2, 0) is 4.57 Å². The third-order valence-electron chi connectivity index (χ3n) is 0. The zero-order valence-corrected chi connectivity index (χ0v) is 5.95. The fourth-order valence-electron chi connectivity index (χ4n) is 0. The molecule has 0 saturated carbocycles. The summed E-state index contributed by atoms with van der Waals surface area (Å²) >= 11 is 0. The average molecular weight is 164 g/mol. The van der Waals surface area contributed by atoms with E-state index in [4.69, 9.17) is 24.4 Å². The Hall–Kier alpha value is -0.0100. The summed E-state index contributed by atoms with van der Waals surface area (Å²) in [6.45, 7) is 0. The number of hydrogen-bond donors (Lipinski definition) is 6. The second kappa shape index (κ2) is 10.9. The van der Waals surface area contributed by atoms with Gasteiger partial charge in [0.15, 0.2) is 0 Å². The Balaban J connectivity index is -0.0000000286. The Morgan fingerprint density at radius 1 is 1.00 bits per heavy atom. The van der Waals surface area contributed by atoms with Crippen LogP contribution in [0.25, 0.3) is 0 Å². The summed E-state index contributed by atoms with van der Waals surface area (Å²) in [7, 11) is -3.64. The van der Waals surface area contributed by atoms with Crippen LogP contribution in [0.15, 0.2) is 0 Å². The molecule has 62 valence electrons. The summed E-state index contributed by atoms with van der Waals surface area (Å²) < 4.78 is 8.88. The lowest BCUT2D eigenvalue weighted by Gasteiger charge is -1.82. The van der Waals surface area contributed by atoms with Crippen LogP contribution in [0.2, 0.25) is 0 Å². The molecule has 0 aliphatic rings. The molecule has 0 aliphatic carbocycles. The first-order valence-corrected chi connectivity index (χ1v) is 2.79. The number of phosphoric acid groups is 1. The second-order valence-corrected chi connectivity index (χ2v) is 1.54. The van der Waals surface area contributed by atoms with Crippen molar-refractivity contribution in [2.75, 3.05) is 7.11 Å². The molecule has 0 spiro atoms. The van der Waals surface area contributed by atoms with Crippen molar-refractivity contribution in [2.45, 2.75) is 0 Å². The van der Waals surface area contributed by atoms with Gasteiger partial charge in [-0.2, -0.15) is 0 Å². The molecule has 0 radical (unpaired) electrons. The standard InChI is InChI=1S/CH4O.2H3N.H3O4P/c1-2;;;1-5(2,3)4/h2H,1H3;2*1H3;(H3,1,2,3,4). The van der Waals surface area contributed by atoms with E-state index in [2.05, 4.69) is 0 Å². The minimum absolute atomic E-state index is 0. The molecule has 0 aromatic carbocycles. The molecule has 9 heavy (non-hydrogen) atoms. The van der Waals surface area contributed by atoms with Crippen LogP contribution in [0.1, 0.15) is 0 Å². The van der Waals surface area contributed by atoms with E-state index in [1.54, 1.807) is 0 Å². The lowest BCUT2D eigenvalue weighted by molar-refractivity contribution is 0.275. The van der Waals surface area contributed by atoms with Gasteiger partial charge >= 0.3 is 7.82 Å². The molecule has 7 nitrogen and oxygen atoms in total. The monoisotopic (exact) mass is 164 g/mol. The molecule has 0 fully saturated rings. The maximum absolute atomic E-state index is 8.88. The molecule has 0 heterocycles. The molecule has 0 unspecified atom stereocenters. The van der Waals surface area contributed by atoms with Gasteiger partial charge in [0.1, 0.15) is 0 Å². The topological polar surface area (TPSA) is 168 Å². The fraction of sp³-hybridized carbons (Fsp3) is 1.00. The van der Waals surface area contributed by atoms with Crippen LogP contribution in [0.5, 0.6) is 0 Å². The van der Waals surface area contributed by atoms with Crippen molar-refractivity contribution in [3.63, 3.8) is 0 Å². The van der Waals surface area contributed by atoms with Crippen molar-refractivity contribution in [2.24, 2.45) is 0 Å². The van der Waals surface area contributed by atoms with Crippen LogP contribution in [-0.4, -0.2) is 26.9 Å². The van der Waals surface area contributed by atoms with Gasteiger partial charge in [-0.15, -0.1) is 0 Å². The van der Waals surface area contributed by atoms with E-state index < -0.39 is 7.82 Å². The van der Waals surface area contributed by atoms with Crippen LogP contribution in [0.3, 0.4) is 0 Å². The summed E-state index contributed by atoms with van der Waals surface area (Å²) in [4.78, 5) is 21.6. The maximum Gasteiger partial charge on any atom is 0.466 e. The van der Waals surface area contributed by atoms with E-state index >= 15 is 0 Å². The first kappa shape index (κ1) is 23.0. The summed E-state index contributed by atoms with van der Waals surface area (Å²) in [6, 6.07) is 0. The largest absolute Gasteiger partial charge is 0.466 e. The normalized spacial score (nSPS) is 7.22. The lowest BCUT2D eigenvalue weighted by Crippen LogP contribution is -1.66. The Bertz CT molecular complexity index is 61.1. The molecule has 0 rings (SSSR count). The highest BCUT2D eigenvalue weighted by atomic mass is 31.2. The van der Waals surface area contributed by atoms with Gasteiger partial charge in [0.2, 0.25) is 0 Å². The predicted molar refractivity (Wildman–Crippen MR) is 32.4 cm³/mol. The van der Waals surface area contributed by atoms with E-state index in [0.717, 1.165) is 7.11 Å². The van der Waals surface area contributed by atoms with Crippen LogP contribution in [0, 0.1) is 0 Å². The van der Waals surface area contributed by atoms with Gasteiger partial charge in [0.05, 0.1) is 0 Å². The summed E-state index contributed by atoms with van der Waals surface area (Å²) in [5.74, 6) is 0. The van der Waals surface area contributed by atoms with Crippen LogP contribution >= 0.6 is 7.82 Å². The minimum atomic E-state index is -4.64. The maximum atomic E-state index is 8.88. The predicted octanol–water partition coefficient (Wildman–Crippen LogP) is -0.996. The van der Waals surface area contributed by atoms with Gasteiger partial charge in [-0.25, -0.2) is 4.57 Å². The summed E-state index contributed by atoms with van der Waals surface area (Å²) in [6.07, 6.45) is 0. The molecule has 0 aromatic heterocycles. The smallest absolute Gasteiger partial charge is 0.400 e. The highest BCUT2D eigenvalue weighted by Gasteiger charge is 2.00. The average Bonchev–Trinajstić information content (AvgIpc) is 1.36. The Morgan fingerprint density at radius 3 is 1.00 bits per heavy atom. The van der Waals surface area contributed by atoms with Crippen molar-refractivity contribution in [3.05, 3.63) is 0 Å². The first-order valence-electron chi connectivity index (χ1n) is 1.23. The highest BCUT2D eigenvalue weighted by Crippen LogP contribution is 2.25. The molecule has 10 N–H and O–H groups in total. The molecule has 0 bridgehead atoms. The molecule has 8 heteroatoms. The van der Waals surface area contributed by atoms with Gasteiger partial charge in [-0.05, 0) is 0 Å². The van der Waals surface area contributed by atoms with Gasteiger partial charge in [-0.1, -0.05) is 0 Å². The molecule has 0 aromatic rings. The number of rotatable bonds is 0. The SMILES string of the molecule is CO.N.N.O=P(O)(O)O. The van der Waals surface area contributed by atoms with Gasteiger partial charge in [0.25, 0.3) is 0 Å². The van der Waals surface area contributed by atoms with E-state index in [1.165, 1.54) is 0 Å². The minimum Gasteiger partial charge on any atom is -0.400 e. The second-order valence-electron chi connectivity index (χ2n) is 0.513. The van der Waals surface area contributed by atoms with Crippen molar-refractivity contribution in [1.29, 1.82) is 0 Å². The highest BCUT2D eigenvalue weighted by molar-refractivity contribution is 7.45. The molecule has 0 saturated heterocycles. The summed E-state index contributed by atoms with van der Waals surface area (Å²) in [5, 5.41) is 7.00. The Morgan fingerprint density at radius 2 is 1.00 bits per heavy atom. The fourth-order valence-corrected chi connectivity index (χ4v) is 0. The van der Waals surface area contributed by atoms with Gasteiger partial charge in [-0.3, -0.25) is 0 Å². The number of aliphatic hydroxyl groups is 1. The van der Waals surface area contributed by atoms with Gasteiger partial charge in [0, 0.05) is 7.11 Å². The van der Waals surface area contributed by atoms with Crippen molar-refractivity contribution in [3.8, 4) is 0 Å². The van der Waals surface area contributed by atoms with Crippen LogP contribution in [0.4, 0.5) is 0 Å². The van der Waals surface area contributed by atoms with E-state index in [0.29, 0.717) is 0 Å². The molecule has 0 aliphatic heterocycles. The quantitative estimate of drug-likeness (QED) is 0.249. The molecule has 0 amide bonds. The zero-order valence-electron chi connectivity index (χ0n) is 5.06. The first-order chi connectivity index (χ1) is 3.00. The third kappa shape index (κ3) is 2870000. The number of aliphatic hydroxyl groups excluding tert-OH is 1. The van der Waals surface area contributed by atoms with Crippen molar-refractivity contribution in [1.82, 2.24) is 12.3 Å². The Kier molecular flexibility index (Phi) is 27.9. The third-order valence-corrected chi connectivity index (χ3v) is 0. The molecular formula is CH13N2O5P. The van der Waals surface area contributed by atoms with Crippen LogP contribution < -0.4 is 12.3 Å². The number of hydrogen-bond acceptors (Lipinski definition) is 4. The van der Waals surface area contributed by atoms with Crippen molar-refractivity contribution < 1.29 is 24.4 Å². The van der Waals surface area contributed by atoms with E-state index in [1.807, 2.05) is 0 Å². The van der Waals surface area contributed by atoms with Gasteiger partial charge < -0.3 is 32.1 Å². The molecule has 0 atom stereocenters. The zero-order chi connectivity index (χ0) is 6.50.